The fourth-order valence-electron chi connectivity index (χ4n) is 4.77. The van der Waals surface area contributed by atoms with Gasteiger partial charge in [0.25, 0.3) is 0 Å². The van der Waals surface area contributed by atoms with E-state index in [4.69, 9.17) is 0 Å². The minimum absolute atomic E-state index is 0.909. The molecule has 0 amide bonds. The van der Waals surface area contributed by atoms with Crippen molar-refractivity contribution in [3.63, 3.8) is 0 Å². The van der Waals surface area contributed by atoms with Crippen molar-refractivity contribution < 1.29 is 0 Å². The van der Waals surface area contributed by atoms with Crippen LogP contribution in [0.25, 0.3) is 0 Å². The van der Waals surface area contributed by atoms with Crippen LogP contribution in [0.1, 0.15) is 45.1 Å². The number of piperidine rings is 1. The Bertz CT molecular complexity index is 544. The highest BCUT2D eigenvalue weighted by atomic mass is 15.2. The zero-order valence-corrected chi connectivity index (χ0v) is 18.5. The van der Waals surface area contributed by atoms with Crippen molar-refractivity contribution in [2.24, 2.45) is 11.8 Å². The third-order valence-electron chi connectivity index (χ3n) is 6.97. The third-order valence-corrected chi connectivity index (χ3v) is 6.97. The lowest BCUT2D eigenvalue weighted by Crippen LogP contribution is -2.43. The molecule has 1 aromatic rings. The second-order valence-corrected chi connectivity index (χ2v) is 9.06. The fourth-order valence-corrected chi connectivity index (χ4v) is 4.77. The predicted octanol–water partition coefficient (Wildman–Crippen LogP) is 3.68. The number of nitrogens with zero attached hydrogens (tertiary/aromatic N) is 3. The number of piperazine rings is 1. The van der Waals surface area contributed by atoms with Crippen molar-refractivity contribution in [2.75, 3.05) is 64.3 Å². The summed E-state index contributed by atoms with van der Waals surface area (Å²) in [5.74, 6) is 1.87. The molecule has 4 nitrogen and oxygen atoms in total. The van der Waals surface area contributed by atoms with Crippen LogP contribution in [0.3, 0.4) is 0 Å². The van der Waals surface area contributed by atoms with Crippen molar-refractivity contribution in [2.45, 2.75) is 46.1 Å². The zero-order chi connectivity index (χ0) is 19.8. The number of likely N-dealkylation sites (tertiary alicyclic amines) is 1. The fraction of sp³-hybridized carbons (Fsp3) is 0.750. The van der Waals surface area contributed by atoms with Crippen LogP contribution in [-0.4, -0.2) is 69.2 Å². The van der Waals surface area contributed by atoms with Crippen LogP contribution in [0.2, 0.25) is 0 Å². The maximum Gasteiger partial charge on any atom is 0.0367 e. The first-order valence-electron chi connectivity index (χ1n) is 11.6. The summed E-state index contributed by atoms with van der Waals surface area (Å²) in [6, 6.07) is 9.23. The molecule has 2 saturated heterocycles. The molecule has 1 atom stereocenters. The molecule has 4 heteroatoms. The van der Waals surface area contributed by atoms with Crippen LogP contribution in [0, 0.1) is 11.8 Å². The Hall–Kier alpha value is -1.10. The number of rotatable bonds is 9. The molecule has 2 aliphatic heterocycles. The monoisotopic (exact) mass is 386 g/mol. The van der Waals surface area contributed by atoms with Gasteiger partial charge in [-0.2, -0.15) is 0 Å². The molecule has 2 fully saturated rings. The largest absolute Gasteiger partial charge is 0.369 e. The smallest absolute Gasteiger partial charge is 0.0367 e. The average molecular weight is 387 g/mol. The van der Waals surface area contributed by atoms with Crippen LogP contribution in [0.5, 0.6) is 0 Å². The quantitative estimate of drug-likeness (QED) is 0.699. The van der Waals surface area contributed by atoms with E-state index in [1.807, 2.05) is 0 Å². The minimum atomic E-state index is 0.909. The second-order valence-electron chi connectivity index (χ2n) is 9.06. The van der Waals surface area contributed by atoms with Crippen LogP contribution < -0.4 is 10.2 Å². The highest BCUT2D eigenvalue weighted by molar-refractivity contribution is 5.48. The van der Waals surface area contributed by atoms with E-state index < -0.39 is 0 Å². The highest BCUT2D eigenvalue weighted by Crippen LogP contribution is 2.26. The summed E-state index contributed by atoms with van der Waals surface area (Å²) in [6.07, 6.45) is 5.43. The third kappa shape index (κ3) is 6.47. The molecule has 0 aliphatic carbocycles. The van der Waals surface area contributed by atoms with E-state index in [1.54, 1.807) is 0 Å². The number of hydrogen-bond acceptors (Lipinski definition) is 4. The Morgan fingerprint density at radius 2 is 1.75 bits per heavy atom. The Morgan fingerprint density at radius 1 is 1.07 bits per heavy atom. The van der Waals surface area contributed by atoms with Gasteiger partial charge < -0.3 is 20.0 Å². The van der Waals surface area contributed by atoms with Crippen molar-refractivity contribution >= 4 is 5.69 Å². The van der Waals surface area contributed by atoms with Gasteiger partial charge in [-0.15, -0.1) is 0 Å². The van der Waals surface area contributed by atoms with Gasteiger partial charge in [0.15, 0.2) is 0 Å². The topological polar surface area (TPSA) is 21.8 Å². The standard InChI is InChI=1S/C24H42N4/c1-4-21(2)23-10-16-27(17-11-23)15-5-14-26(3)20-22-6-8-24(9-7-22)28-18-12-25-13-19-28/h6-9,21,23,25H,4-5,10-20H2,1-3H3. The lowest BCUT2D eigenvalue weighted by atomic mass is 9.84. The Morgan fingerprint density at radius 3 is 2.39 bits per heavy atom. The molecule has 0 saturated carbocycles. The van der Waals surface area contributed by atoms with Gasteiger partial charge in [-0.3, -0.25) is 0 Å². The molecule has 158 valence electrons. The maximum absolute atomic E-state index is 3.42. The molecular weight excluding hydrogens is 344 g/mol. The van der Waals surface area contributed by atoms with E-state index in [-0.39, 0.29) is 0 Å². The first kappa shape index (κ1) is 21.6. The van der Waals surface area contributed by atoms with Gasteiger partial charge in [0.05, 0.1) is 0 Å². The number of anilines is 1. The zero-order valence-electron chi connectivity index (χ0n) is 18.5. The summed E-state index contributed by atoms with van der Waals surface area (Å²) < 4.78 is 0. The van der Waals surface area contributed by atoms with E-state index in [1.165, 1.54) is 63.1 Å². The lowest BCUT2D eigenvalue weighted by molar-refractivity contribution is 0.145. The molecule has 0 aromatic heterocycles. The molecule has 0 bridgehead atoms. The van der Waals surface area contributed by atoms with Gasteiger partial charge in [0.1, 0.15) is 0 Å². The Labute approximate surface area is 173 Å². The summed E-state index contributed by atoms with van der Waals surface area (Å²) >= 11 is 0. The van der Waals surface area contributed by atoms with E-state index in [0.29, 0.717) is 0 Å². The van der Waals surface area contributed by atoms with Crippen LogP contribution in [-0.2, 0) is 6.54 Å². The number of benzene rings is 1. The average Bonchev–Trinajstić information content (AvgIpc) is 2.75. The summed E-state index contributed by atoms with van der Waals surface area (Å²) in [6.45, 7) is 15.3. The lowest BCUT2D eigenvalue weighted by Gasteiger charge is -2.35. The summed E-state index contributed by atoms with van der Waals surface area (Å²) in [7, 11) is 2.26. The van der Waals surface area contributed by atoms with Gasteiger partial charge in [-0.25, -0.2) is 0 Å². The molecule has 3 rings (SSSR count). The normalized spacial score (nSPS) is 20.6. The van der Waals surface area contributed by atoms with Crippen molar-refractivity contribution in [3.8, 4) is 0 Å². The summed E-state index contributed by atoms with van der Waals surface area (Å²) in [4.78, 5) is 7.65. The molecule has 28 heavy (non-hydrogen) atoms. The summed E-state index contributed by atoms with van der Waals surface area (Å²) in [5.41, 5.74) is 2.80. The minimum Gasteiger partial charge on any atom is -0.369 e. The van der Waals surface area contributed by atoms with Gasteiger partial charge in [0, 0.05) is 38.4 Å². The molecule has 2 aliphatic rings. The molecular formula is C24H42N4. The van der Waals surface area contributed by atoms with Crippen LogP contribution in [0.4, 0.5) is 5.69 Å². The molecule has 1 unspecified atom stereocenters. The highest BCUT2D eigenvalue weighted by Gasteiger charge is 2.22. The van der Waals surface area contributed by atoms with Gasteiger partial charge >= 0.3 is 0 Å². The van der Waals surface area contributed by atoms with E-state index >= 15 is 0 Å². The Balaban J connectivity index is 1.33. The molecule has 0 radical (unpaired) electrons. The second kappa shape index (κ2) is 11.2. The SMILES string of the molecule is CCC(C)C1CCN(CCCN(C)Cc2ccc(N3CCNCC3)cc2)CC1. The van der Waals surface area contributed by atoms with E-state index in [2.05, 4.69) is 65.2 Å². The van der Waals surface area contributed by atoms with Gasteiger partial charge in [-0.05, 0) is 82.0 Å². The number of nitrogens with one attached hydrogen (secondary N) is 1. The van der Waals surface area contributed by atoms with E-state index in [0.717, 1.165) is 44.6 Å². The van der Waals surface area contributed by atoms with Crippen molar-refractivity contribution in [1.82, 2.24) is 15.1 Å². The summed E-state index contributed by atoms with van der Waals surface area (Å²) in [5, 5.41) is 3.42. The van der Waals surface area contributed by atoms with Crippen molar-refractivity contribution in [1.29, 1.82) is 0 Å². The molecule has 2 heterocycles. The molecule has 0 spiro atoms. The van der Waals surface area contributed by atoms with E-state index in [9.17, 15) is 0 Å². The predicted molar refractivity (Wildman–Crippen MR) is 121 cm³/mol. The van der Waals surface area contributed by atoms with Gasteiger partial charge in [0.2, 0.25) is 0 Å². The first-order valence-corrected chi connectivity index (χ1v) is 11.6. The molecule has 1 N–H and O–H groups in total. The Kier molecular flexibility index (Phi) is 8.63. The number of hydrogen-bond donors (Lipinski definition) is 1. The van der Waals surface area contributed by atoms with Crippen LogP contribution in [0.15, 0.2) is 24.3 Å². The van der Waals surface area contributed by atoms with Gasteiger partial charge in [-0.1, -0.05) is 32.4 Å². The first-order chi connectivity index (χ1) is 13.7. The van der Waals surface area contributed by atoms with Crippen LogP contribution >= 0.6 is 0 Å². The maximum atomic E-state index is 3.42. The molecule has 1 aromatic carbocycles. The van der Waals surface area contributed by atoms with Crippen molar-refractivity contribution in [3.05, 3.63) is 29.8 Å².